The highest BCUT2D eigenvalue weighted by Crippen LogP contribution is 2.29. The van der Waals surface area contributed by atoms with E-state index in [0.717, 1.165) is 15.8 Å². The molecule has 0 saturated heterocycles. The molecule has 1 aromatic rings. The number of primary amides is 1. The number of nitriles is 1. The van der Waals surface area contributed by atoms with E-state index in [1.807, 2.05) is 13.0 Å². The molecule has 0 aliphatic heterocycles. The van der Waals surface area contributed by atoms with Crippen LogP contribution in [0.3, 0.4) is 0 Å². The van der Waals surface area contributed by atoms with Crippen molar-refractivity contribution in [2.45, 2.75) is 13.3 Å². The molecule has 0 atom stereocenters. The maximum Gasteiger partial charge on any atom is 0.259 e. The smallest absolute Gasteiger partial charge is 0.259 e. The zero-order valence-electron chi connectivity index (χ0n) is 8.08. The summed E-state index contributed by atoms with van der Waals surface area (Å²) in [6.45, 7) is 2.05. The molecule has 3 nitrogen and oxygen atoms in total. The van der Waals surface area contributed by atoms with Gasteiger partial charge in [0.05, 0.1) is 0 Å². The third-order valence-electron chi connectivity index (χ3n) is 1.77. The molecule has 5 heteroatoms. The first-order chi connectivity index (χ1) is 7.08. The minimum Gasteiger partial charge on any atom is -0.365 e. The molecule has 0 radical (unpaired) electrons. The van der Waals surface area contributed by atoms with Crippen LogP contribution in [0.2, 0.25) is 0 Å². The minimum absolute atomic E-state index is 0.0218. The first-order valence-corrected chi connectivity index (χ1v) is 5.89. The number of thiophene rings is 1. The second-order valence-corrected chi connectivity index (χ2v) is 4.83. The van der Waals surface area contributed by atoms with Crippen LogP contribution in [0.25, 0.3) is 6.08 Å². The molecule has 78 valence electrons. The number of carbonyl (C=O) groups excluding carboxylic acids is 1. The predicted molar refractivity (Wildman–Crippen MR) is 64.2 cm³/mol. The number of hydrogen-bond acceptors (Lipinski definition) is 3. The van der Waals surface area contributed by atoms with Crippen molar-refractivity contribution in [3.63, 3.8) is 0 Å². The fourth-order valence-electron chi connectivity index (χ4n) is 1.04. The van der Waals surface area contributed by atoms with Gasteiger partial charge in [0.1, 0.15) is 11.6 Å². The monoisotopic (exact) mass is 284 g/mol. The van der Waals surface area contributed by atoms with Gasteiger partial charge >= 0.3 is 0 Å². The quantitative estimate of drug-likeness (QED) is 0.684. The summed E-state index contributed by atoms with van der Waals surface area (Å²) in [4.78, 5) is 12.9. The zero-order valence-corrected chi connectivity index (χ0v) is 10.5. The summed E-state index contributed by atoms with van der Waals surface area (Å²) in [5.41, 5.74) is 5.01. The number of amides is 1. The van der Waals surface area contributed by atoms with E-state index in [4.69, 9.17) is 11.0 Å². The van der Waals surface area contributed by atoms with Gasteiger partial charge in [0.25, 0.3) is 5.91 Å². The van der Waals surface area contributed by atoms with E-state index in [1.54, 1.807) is 6.07 Å². The van der Waals surface area contributed by atoms with E-state index < -0.39 is 5.91 Å². The number of nitrogens with two attached hydrogens (primary N) is 1. The van der Waals surface area contributed by atoms with Gasteiger partial charge in [-0.15, -0.1) is 11.3 Å². The van der Waals surface area contributed by atoms with Gasteiger partial charge in [0, 0.05) is 14.2 Å². The van der Waals surface area contributed by atoms with Crippen LogP contribution in [0.15, 0.2) is 16.1 Å². The maximum absolute atomic E-state index is 10.8. The Labute approximate surface area is 100 Å². The highest BCUT2D eigenvalue weighted by Gasteiger charge is 2.07. The third kappa shape index (κ3) is 2.91. The summed E-state index contributed by atoms with van der Waals surface area (Å²) in [5, 5.41) is 8.66. The molecule has 2 N–H and O–H groups in total. The molecule has 15 heavy (non-hydrogen) atoms. The van der Waals surface area contributed by atoms with Gasteiger partial charge in [-0.3, -0.25) is 4.79 Å². The normalized spacial score (nSPS) is 11.1. The lowest BCUT2D eigenvalue weighted by molar-refractivity contribution is -0.114. The predicted octanol–water partition coefficient (Wildman–Crippen LogP) is 2.47. The Bertz CT molecular complexity index is 456. The molecular formula is C10H9BrN2OS. The number of rotatable bonds is 3. The molecule has 0 aliphatic rings. The molecule has 1 aromatic heterocycles. The fraction of sp³-hybridized carbons (Fsp3) is 0.200. The molecule has 1 rings (SSSR count). The number of carbonyl (C=O) groups is 1. The van der Waals surface area contributed by atoms with Crippen LogP contribution < -0.4 is 5.73 Å². The van der Waals surface area contributed by atoms with Crippen LogP contribution in [0.4, 0.5) is 0 Å². The topological polar surface area (TPSA) is 66.9 Å². The number of nitrogens with zero attached hydrogens (tertiary/aromatic N) is 1. The SMILES string of the molecule is CCc1sc(C=C(C#N)C(N)=O)cc1Br. The van der Waals surface area contributed by atoms with Gasteiger partial charge in [-0.2, -0.15) is 5.26 Å². The molecule has 0 bridgehead atoms. The summed E-state index contributed by atoms with van der Waals surface area (Å²) in [6.07, 6.45) is 2.43. The van der Waals surface area contributed by atoms with E-state index >= 15 is 0 Å². The van der Waals surface area contributed by atoms with Crippen LogP contribution in [-0.4, -0.2) is 5.91 Å². The van der Waals surface area contributed by atoms with E-state index in [2.05, 4.69) is 15.9 Å². The van der Waals surface area contributed by atoms with E-state index in [9.17, 15) is 4.79 Å². The van der Waals surface area contributed by atoms with Crippen molar-refractivity contribution in [2.75, 3.05) is 0 Å². The average Bonchev–Trinajstić information content (AvgIpc) is 2.54. The largest absolute Gasteiger partial charge is 0.365 e. The zero-order chi connectivity index (χ0) is 11.4. The third-order valence-corrected chi connectivity index (χ3v) is 3.97. The van der Waals surface area contributed by atoms with Crippen LogP contribution in [0.5, 0.6) is 0 Å². The van der Waals surface area contributed by atoms with Gasteiger partial charge in [-0.1, -0.05) is 6.92 Å². The number of aryl methyl sites for hydroxylation is 1. The van der Waals surface area contributed by atoms with Crippen LogP contribution in [0.1, 0.15) is 16.7 Å². The summed E-state index contributed by atoms with van der Waals surface area (Å²) >= 11 is 4.95. The van der Waals surface area contributed by atoms with E-state index in [-0.39, 0.29) is 5.57 Å². The molecule has 0 spiro atoms. The highest BCUT2D eigenvalue weighted by molar-refractivity contribution is 9.10. The molecular weight excluding hydrogens is 276 g/mol. The second kappa shape index (κ2) is 5.10. The lowest BCUT2D eigenvalue weighted by Crippen LogP contribution is -2.12. The standard InChI is InChI=1S/C10H9BrN2OS/c1-2-9-8(11)4-7(15-9)3-6(5-12)10(13)14/h3-4H,2H2,1H3,(H2,13,14). The Morgan fingerprint density at radius 3 is 2.87 bits per heavy atom. The van der Waals surface area contributed by atoms with Crippen LogP contribution in [0, 0.1) is 11.3 Å². The second-order valence-electron chi connectivity index (χ2n) is 2.81. The molecule has 0 fully saturated rings. The molecule has 1 heterocycles. The molecule has 0 aromatic carbocycles. The van der Waals surface area contributed by atoms with E-state index in [0.29, 0.717) is 0 Å². The lowest BCUT2D eigenvalue weighted by Gasteiger charge is -1.89. The minimum atomic E-state index is -0.694. The molecule has 1 amide bonds. The Morgan fingerprint density at radius 2 is 2.47 bits per heavy atom. The summed E-state index contributed by atoms with van der Waals surface area (Å²) in [5.74, 6) is -0.694. The van der Waals surface area contributed by atoms with Gasteiger partial charge in [-0.05, 0) is 34.5 Å². The van der Waals surface area contributed by atoms with Crippen molar-refractivity contribution in [3.8, 4) is 6.07 Å². The summed E-state index contributed by atoms with van der Waals surface area (Å²) < 4.78 is 1.00. The lowest BCUT2D eigenvalue weighted by atomic mass is 10.2. The summed E-state index contributed by atoms with van der Waals surface area (Å²) in [6, 6.07) is 3.65. The fourth-order valence-corrected chi connectivity index (χ4v) is 2.90. The van der Waals surface area contributed by atoms with Gasteiger partial charge in [-0.25, -0.2) is 0 Å². The average molecular weight is 285 g/mol. The van der Waals surface area contributed by atoms with Crippen molar-refractivity contribution in [3.05, 3.63) is 25.9 Å². The first-order valence-electron chi connectivity index (χ1n) is 4.28. The number of halogens is 1. The van der Waals surface area contributed by atoms with Crippen LogP contribution >= 0.6 is 27.3 Å². The maximum atomic E-state index is 10.8. The van der Waals surface area contributed by atoms with Crippen molar-refractivity contribution in [1.82, 2.24) is 0 Å². The van der Waals surface area contributed by atoms with Crippen molar-refractivity contribution in [1.29, 1.82) is 5.26 Å². The summed E-state index contributed by atoms with van der Waals surface area (Å²) in [7, 11) is 0. The van der Waals surface area contributed by atoms with Gasteiger partial charge in [0.2, 0.25) is 0 Å². The Kier molecular flexibility index (Phi) is 4.06. The number of hydrogen-bond donors (Lipinski definition) is 1. The van der Waals surface area contributed by atoms with Gasteiger partial charge in [0.15, 0.2) is 0 Å². The molecule has 0 saturated carbocycles. The van der Waals surface area contributed by atoms with E-state index in [1.165, 1.54) is 22.3 Å². The first kappa shape index (κ1) is 12.0. The Morgan fingerprint density at radius 1 is 1.80 bits per heavy atom. The van der Waals surface area contributed by atoms with Gasteiger partial charge < -0.3 is 5.73 Å². The Balaban J connectivity index is 3.08. The Hall–Kier alpha value is -1.12. The molecule has 0 aliphatic carbocycles. The van der Waals surface area contributed by atoms with Crippen molar-refractivity contribution in [2.24, 2.45) is 5.73 Å². The molecule has 0 unspecified atom stereocenters. The van der Waals surface area contributed by atoms with Crippen molar-refractivity contribution < 1.29 is 4.79 Å². The van der Waals surface area contributed by atoms with Crippen molar-refractivity contribution >= 4 is 39.2 Å². The highest BCUT2D eigenvalue weighted by atomic mass is 79.9. The van der Waals surface area contributed by atoms with Crippen LogP contribution in [-0.2, 0) is 11.2 Å².